The lowest BCUT2D eigenvalue weighted by Gasteiger charge is -2.33. The molecule has 0 heterocycles. The van der Waals surface area contributed by atoms with E-state index in [0.717, 1.165) is 24.3 Å². The third-order valence-corrected chi connectivity index (χ3v) is 6.38. The molecule has 2 bridgehead atoms. The molecule has 4 atom stereocenters. The highest BCUT2D eigenvalue weighted by Gasteiger charge is 2.43. The molecule has 110 valence electrons. The quantitative estimate of drug-likeness (QED) is 0.801. The van der Waals surface area contributed by atoms with Crippen molar-refractivity contribution < 1.29 is 0 Å². The Labute approximate surface area is 131 Å². The molecule has 1 aromatic rings. The van der Waals surface area contributed by atoms with Gasteiger partial charge in [-0.15, -0.1) is 0 Å². The van der Waals surface area contributed by atoms with Crippen LogP contribution in [0.25, 0.3) is 0 Å². The van der Waals surface area contributed by atoms with Gasteiger partial charge in [0.2, 0.25) is 0 Å². The van der Waals surface area contributed by atoms with Gasteiger partial charge in [0.25, 0.3) is 0 Å². The molecule has 3 rings (SSSR count). The summed E-state index contributed by atoms with van der Waals surface area (Å²) in [5, 5.41) is 3.80. The highest BCUT2D eigenvalue weighted by Crippen LogP contribution is 2.53. The first-order valence-electron chi connectivity index (χ1n) is 8.10. The number of rotatable bonds is 4. The smallest absolute Gasteiger partial charge is 0.0354 e. The summed E-state index contributed by atoms with van der Waals surface area (Å²) in [5.41, 5.74) is 4.32. The fourth-order valence-electron chi connectivity index (χ4n) is 4.55. The van der Waals surface area contributed by atoms with E-state index < -0.39 is 0 Å². The fraction of sp³-hybridized carbons (Fsp3) is 0.667. The largest absolute Gasteiger partial charge is 0.310 e. The maximum absolute atomic E-state index is 3.80. The summed E-state index contributed by atoms with van der Waals surface area (Å²) in [6.07, 6.45) is 5.88. The van der Waals surface area contributed by atoms with Crippen LogP contribution in [0.3, 0.4) is 0 Å². The van der Waals surface area contributed by atoms with Crippen LogP contribution in [0, 0.1) is 31.6 Å². The maximum atomic E-state index is 3.80. The summed E-state index contributed by atoms with van der Waals surface area (Å²) in [6, 6.07) is 5.25. The van der Waals surface area contributed by atoms with Gasteiger partial charge in [0.05, 0.1) is 0 Å². The lowest BCUT2D eigenvalue weighted by Crippen LogP contribution is -2.32. The van der Waals surface area contributed by atoms with Gasteiger partial charge in [-0.25, -0.2) is 0 Å². The van der Waals surface area contributed by atoms with Crippen molar-refractivity contribution in [2.45, 2.75) is 52.5 Å². The topological polar surface area (TPSA) is 12.0 Å². The van der Waals surface area contributed by atoms with Gasteiger partial charge in [-0.3, -0.25) is 0 Å². The molecular formula is C18H26BrN. The molecule has 1 aromatic carbocycles. The van der Waals surface area contributed by atoms with Crippen LogP contribution < -0.4 is 5.32 Å². The van der Waals surface area contributed by atoms with Gasteiger partial charge in [-0.2, -0.15) is 0 Å². The average molecular weight is 336 g/mol. The van der Waals surface area contributed by atoms with E-state index in [4.69, 9.17) is 0 Å². The molecule has 1 N–H and O–H groups in total. The van der Waals surface area contributed by atoms with Crippen molar-refractivity contribution in [2.24, 2.45) is 17.8 Å². The highest BCUT2D eigenvalue weighted by molar-refractivity contribution is 9.10. The summed E-state index contributed by atoms with van der Waals surface area (Å²) >= 11 is 3.66. The van der Waals surface area contributed by atoms with E-state index >= 15 is 0 Å². The van der Waals surface area contributed by atoms with Gasteiger partial charge in [0.15, 0.2) is 0 Å². The number of nitrogens with one attached hydrogen (secondary N) is 1. The van der Waals surface area contributed by atoms with E-state index in [0.29, 0.717) is 6.04 Å². The third-order valence-electron chi connectivity index (χ3n) is 5.53. The minimum Gasteiger partial charge on any atom is -0.310 e. The van der Waals surface area contributed by atoms with Crippen LogP contribution in [0.2, 0.25) is 0 Å². The Kier molecular flexibility index (Phi) is 4.24. The molecule has 0 radical (unpaired) electrons. The zero-order valence-corrected chi connectivity index (χ0v) is 14.5. The van der Waals surface area contributed by atoms with Crippen molar-refractivity contribution in [3.63, 3.8) is 0 Å². The maximum Gasteiger partial charge on any atom is 0.0354 e. The molecule has 2 aliphatic rings. The van der Waals surface area contributed by atoms with E-state index in [9.17, 15) is 0 Å². The van der Waals surface area contributed by atoms with E-state index in [1.807, 2.05) is 0 Å². The van der Waals surface area contributed by atoms with Crippen LogP contribution in [-0.4, -0.2) is 6.54 Å². The van der Waals surface area contributed by atoms with Gasteiger partial charge in [0.1, 0.15) is 0 Å². The van der Waals surface area contributed by atoms with Gasteiger partial charge in [-0.05, 0) is 80.2 Å². The molecule has 0 saturated heterocycles. The van der Waals surface area contributed by atoms with Crippen LogP contribution in [0.15, 0.2) is 16.6 Å². The highest BCUT2D eigenvalue weighted by atomic mass is 79.9. The number of fused-ring (bicyclic) bond motifs is 2. The second-order valence-corrected chi connectivity index (χ2v) is 7.69. The number of aryl methyl sites for hydroxylation is 2. The molecule has 0 aromatic heterocycles. The number of hydrogen-bond acceptors (Lipinski definition) is 1. The molecule has 2 fully saturated rings. The van der Waals surface area contributed by atoms with Gasteiger partial charge in [-0.1, -0.05) is 35.3 Å². The van der Waals surface area contributed by atoms with Crippen molar-refractivity contribution in [1.29, 1.82) is 0 Å². The number of hydrogen-bond donors (Lipinski definition) is 1. The average Bonchev–Trinajstić information content (AvgIpc) is 3.03. The van der Waals surface area contributed by atoms with Crippen LogP contribution in [-0.2, 0) is 0 Å². The molecule has 0 aliphatic heterocycles. The Bertz CT molecular complexity index is 496. The summed E-state index contributed by atoms with van der Waals surface area (Å²) in [4.78, 5) is 0. The first-order valence-corrected chi connectivity index (χ1v) is 8.89. The van der Waals surface area contributed by atoms with Gasteiger partial charge in [0, 0.05) is 10.5 Å². The molecule has 20 heavy (non-hydrogen) atoms. The summed E-state index contributed by atoms with van der Waals surface area (Å²) < 4.78 is 1.24. The zero-order chi connectivity index (χ0) is 14.3. The van der Waals surface area contributed by atoms with Crippen LogP contribution >= 0.6 is 15.9 Å². The van der Waals surface area contributed by atoms with E-state index in [1.54, 1.807) is 0 Å². The number of benzene rings is 1. The lowest BCUT2D eigenvalue weighted by atomic mass is 9.79. The SMILES string of the molecule is CCNC(c1cc(C)c(Br)cc1C)C1CC2CCC1C2. The molecule has 2 aliphatic carbocycles. The van der Waals surface area contributed by atoms with Crippen molar-refractivity contribution in [3.05, 3.63) is 33.3 Å². The third kappa shape index (κ3) is 2.57. The predicted molar refractivity (Wildman–Crippen MR) is 89.0 cm³/mol. The van der Waals surface area contributed by atoms with Crippen LogP contribution in [0.1, 0.15) is 55.3 Å². The molecule has 4 unspecified atom stereocenters. The van der Waals surface area contributed by atoms with Gasteiger partial charge >= 0.3 is 0 Å². The Morgan fingerprint density at radius 1 is 1.20 bits per heavy atom. The van der Waals surface area contributed by atoms with Crippen molar-refractivity contribution in [2.75, 3.05) is 6.54 Å². The zero-order valence-electron chi connectivity index (χ0n) is 12.9. The van der Waals surface area contributed by atoms with Crippen molar-refractivity contribution >= 4 is 15.9 Å². The lowest BCUT2D eigenvalue weighted by molar-refractivity contribution is 0.252. The van der Waals surface area contributed by atoms with Crippen LogP contribution in [0.4, 0.5) is 0 Å². The predicted octanol–water partition coefficient (Wildman–Crippen LogP) is 5.15. The number of halogens is 1. The molecule has 0 amide bonds. The van der Waals surface area contributed by atoms with E-state index in [1.165, 1.54) is 46.8 Å². The van der Waals surface area contributed by atoms with Gasteiger partial charge < -0.3 is 5.32 Å². The molecule has 1 nitrogen and oxygen atoms in total. The summed E-state index contributed by atoms with van der Waals surface area (Å²) in [7, 11) is 0. The first-order chi connectivity index (χ1) is 9.60. The normalized spacial score (nSPS) is 29.9. The van der Waals surface area contributed by atoms with E-state index in [-0.39, 0.29) is 0 Å². The Morgan fingerprint density at radius 2 is 2.00 bits per heavy atom. The summed E-state index contributed by atoms with van der Waals surface area (Å²) in [5.74, 6) is 2.84. The Hall–Kier alpha value is -0.340. The molecular weight excluding hydrogens is 310 g/mol. The monoisotopic (exact) mass is 335 g/mol. The summed E-state index contributed by atoms with van der Waals surface area (Å²) in [6.45, 7) is 7.77. The molecule has 0 spiro atoms. The van der Waals surface area contributed by atoms with Crippen molar-refractivity contribution in [3.8, 4) is 0 Å². The van der Waals surface area contributed by atoms with E-state index in [2.05, 4.69) is 54.2 Å². The Balaban J connectivity index is 1.92. The van der Waals surface area contributed by atoms with Crippen molar-refractivity contribution in [1.82, 2.24) is 5.32 Å². The molecule has 2 heteroatoms. The Morgan fingerprint density at radius 3 is 2.60 bits per heavy atom. The minimum atomic E-state index is 0.558. The standard InChI is InChI=1S/C18H26BrN/c1-4-20-18(16-10-13-5-6-14(16)9-13)15-7-12(3)17(19)8-11(15)2/h7-8,13-14,16,18,20H,4-6,9-10H2,1-3H3. The first kappa shape index (κ1) is 14.6. The minimum absolute atomic E-state index is 0.558. The second-order valence-electron chi connectivity index (χ2n) is 6.83. The fourth-order valence-corrected chi connectivity index (χ4v) is 5.01. The second kappa shape index (κ2) is 5.81. The molecule has 2 saturated carbocycles. The van der Waals surface area contributed by atoms with Crippen LogP contribution in [0.5, 0.6) is 0 Å².